The van der Waals surface area contributed by atoms with Gasteiger partial charge in [-0.2, -0.15) is 0 Å². The molecule has 1 aliphatic rings. The van der Waals surface area contributed by atoms with E-state index >= 15 is 0 Å². The number of sulfone groups is 1. The first-order chi connectivity index (χ1) is 7.48. The molecule has 1 heterocycles. The summed E-state index contributed by atoms with van der Waals surface area (Å²) in [5.41, 5.74) is 7.58. The van der Waals surface area contributed by atoms with Gasteiger partial charge in [0, 0.05) is 16.7 Å². The van der Waals surface area contributed by atoms with Crippen LogP contribution in [0.25, 0.3) is 0 Å². The summed E-state index contributed by atoms with van der Waals surface area (Å²) < 4.78 is 23.7. The van der Waals surface area contributed by atoms with Gasteiger partial charge in [-0.25, -0.2) is 8.42 Å². The Balaban J connectivity index is 2.20. The van der Waals surface area contributed by atoms with E-state index in [1.54, 1.807) is 0 Å². The minimum atomic E-state index is -2.83. The second-order valence-corrected chi connectivity index (χ2v) is 7.39. The van der Waals surface area contributed by atoms with Crippen molar-refractivity contribution in [2.75, 3.05) is 35.2 Å². The lowest BCUT2D eigenvalue weighted by Gasteiger charge is -2.29. The van der Waals surface area contributed by atoms with E-state index in [9.17, 15) is 8.42 Å². The Labute approximate surface area is 109 Å². The highest BCUT2D eigenvalue weighted by molar-refractivity contribution is 14.1. The average Bonchev–Trinajstić information content (AvgIpc) is 2.19. The highest BCUT2D eigenvalue weighted by Crippen LogP contribution is 2.26. The van der Waals surface area contributed by atoms with Crippen LogP contribution in [0.4, 0.5) is 11.4 Å². The van der Waals surface area contributed by atoms with Gasteiger partial charge in [0.15, 0.2) is 9.84 Å². The second-order valence-electron chi connectivity index (χ2n) is 3.84. The fourth-order valence-corrected chi connectivity index (χ4v) is 3.48. The Kier molecular flexibility index (Phi) is 3.29. The van der Waals surface area contributed by atoms with E-state index in [1.807, 2.05) is 23.1 Å². The lowest BCUT2D eigenvalue weighted by molar-refractivity contribution is 0.587. The van der Waals surface area contributed by atoms with Gasteiger partial charge in [0.05, 0.1) is 22.9 Å². The van der Waals surface area contributed by atoms with Crippen molar-refractivity contribution in [3.05, 3.63) is 21.8 Å². The Morgan fingerprint density at radius 3 is 2.44 bits per heavy atom. The number of nitrogen functional groups attached to an aromatic ring is 1. The topological polar surface area (TPSA) is 63.4 Å². The first kappa shape index (κ1) is 12.0. The summed E-state index contributed by atoms with van der Waals surface area (Å²) in [4.78, 5) is 2.03. The molecule has 0 aromatic heterocycles. The number of benzene rings is 1. The maximum atomic E-state index is 11.3. The SMILES string of the molecule is Nc1cc(I)ccc1N1CCS(=O)(=O)CC1. The van der Waals surface area contributed by atoms with E-state index in [4.69, 9.17) is 5.73 Å². The maximum absolute atomic E-state index is 11.3. The zero-order valence-electron chi connectivity index (χ0n) is 8.69. The lowest BCUT2D eigenvalue weighted by atomic mass is 10.2. The predicted octanol–water partition coefficient (Wildman–Crippen LogP) is 1.11. The number of nitrogens with two attached hydrogens (primary N) is 1. The quantitative estimate of drug-likeness (QED) is 0.608. The summed E-state index contributed by atoms with van der Waals surface area (Å²) in [5.74, 6) is 0.441. The molecule has 2 rings (SSSR count). The number of halogens is 1. The van der Waals surface area contributed by atoms with Crippen molar-refractivity contribution in [2.45, 2.75) is 0 Å². The summed E-state index contributed by atoms with van der Waals surface area (Å²) in [7, 11) is -2.83. The van der Waals surface area contributed by atoms with Crippen molar-refractivity contribution >= 4 is 43.8 Å². The molecule has 1 aromatic carbocycles. The Bertz CT molecular complexity index is 488. The molecular formula is C10H13IN2O2S. The maximum Gasteiger partial charge on any atom is 0.153 e. The number of nitrogens with zero attached hydrogens (tertiary/aromatic N) is 1. The zero-order chi connectivity index (χ0) is 11.8. The molecule has 0 bridgehead atoms. The predicted molar refractivity (Wildman–Crippen MR) is 74.4 cm³/mol. The van der Waals surface area contributed by atoms with Crippen molar-refractivity contribution in [2.24, 2.45) is 0 Å². The molecule has 1 aliphatic heterocycles. The van der Waals surface area contributed by atoms with Crippen LogP contribution in [-0.4, -0.2) is 33.0 Å². The normalized spacial score (nSPS) is 19.7. The number of anilines is 2. The van der Waals surface area contributed by atoms with Gasteiger partial charge in [-0.15, -0.1) is 0 Å². The van der Waals surface area contributed by atoms with Crippen LogP contribution in [0.3, 0.4) is 0 Å². The third kappa shape index (κ3) is 2.60. The highest BCUT2D eigenvalue weighted by atomic mass is 127. The molecule has 0 radical (unpaired) electrons. The summed E-state index contributed by atoms with van der Waals surface area (Å²) in [6, 6.07) is 5.84. The van der Waals surface area contributed by atoms with Gasteiger partial charge in [0.1, 0.15) is 0 Å². The van der Waals surface area contributed by atoms with Crippen LogP contribution in [-0.2, 0) is 9.84 Å². The Morgan fingerprint density at radius 2 is 1.88 bits per heavy atom. The monoisotopic (exact) mass is 352 g/mol. The van der Waals surface area contributed by atoms with Crippen LogP contribution in [0, 0.1) is 3.57 Å². The van der Waals surface area contributed by atoms with E-state index in [2.05, 4.69) is 22.6 Å². The van der Waals surface area contributed by atoms with Crippen LogP contribution in [0.1, 0.15) is 0 Å². The standard InChI is InChI=1S/C10H13IN2O2S/c11-8-1-2-10(9(12)7-8)13-3-5-16(14,15)6-4-13/h1-2,7H,3-6,12H2. The molecule has 0 spiro atoms. The van der Waals surface area contributed by atoms with Crippen molar-refractivity contribution < 1.29 is 8.42 Å². The molecule has 6 heteroatoms. The molecule has 1 saturated heterocycles. The molecular weight excluding hydrogens is 339 g/mol. The summed E-state index contributed by atoms with van der Waals surface area (Å²) in [5, 5.41) is 0. The molecule has 0 atom stereocenters. The molecule has 0 amide bonds. The van der Waals surface area contributed by atoms with Crippen molar-refractivity contribution in [3.8, 4) is 0 Å². The molecule has 2 N–H and O–H groups in total. The van der Waals surface area contributed by atoms with Crippen LogP contribution in [0.5, 0.6) is 0 Å². The lowest BCUT2D eigenvalue weighted by Crippen LogP contribution is -2.40. The summed E-state index contributed by atoms with van der Waals surface area (Å²) >= 11 is 2.20. The van der Waals surface area contributed by atoms with Gasteiger partial charge in [-0.3, -0.25) is 0 Å². The van der Waals surface area contributed by atoms with E-state index in [0.717, 1.165) is 9.26 Å². The molecule has 1 fully saturated rings. The highest BCUT2D eigenvalue weighted by Gasteiger charge is 2.22. The van der Waals surface area contributed by atoms with Crippen molar-refractivity contribution in [1.82, 2.24) is 0 Å². The van der Waals surface area contributed by atoms with E-state index in [0.29, 0.717) is 18.8 Å². The Hall–Kier alpha value is -0.500. The molecule has 0 aliphatic carbocycles. The zero-order valence-corrected chi connectivity index (χ0v) is 11.7. The minimum absolute atomic E-state index is 0.221. The summed E-state index contributed by atoms with van der Waals surface area (Å²) in [6.45, 7) is 1.07. The first-order valence-electron chi connectivity index (χ1n) is 4.98. The number of hydrogen-bond acceptors (Lipinski definition) is 4. The largest absolute Gasteiger partial charge is 0.397 e. The van der Waals surface area contributed by atoms with E-state index in [-0.39, 0.29) is 11.5 Å². The van der Waals surface area contributed by atoms with Crippen LogP contribution >= 0.6 is 22.6 Å². The molecule has 16 heavy (non-hydrogen) atoms. The second kappa shape index (κ2) is 4.40. The van der Waals surface area contributed by atoms with Gasteiger partial charge >= 0.3 is 0 Å². The van der Waals surface area contributed by atoms with E-state index < -0.39 is 9.84 Å². The molecule has 88 valence electrons. The van der Waals surface area contributed by atoms with Gasteiger partial charge in [-0.05, 0) is 40.8 Å². The fraction of sp³-hybridized carbons (Fsp3) is 0.400. The first-order valence-corrected chi connectivity index (χ1v) is 7.88. The molecule has 4 nitrogen and oxygen atoms in total. The fourth-order valence-electron chi connectivity index (χ4n) is 1.77. The van der Waals surface area contributed by atoms with Gasteiger partial charge < -0.3 is 10.6 Å². The third-order valence-electron chi connectivity index (χ3n) is 2.67. The van der Waals surface area contributed by atoms with Crippen LogP contribution in [0.2, 0.25) is 0 Å². The van der Waals surface area contributed by atoms with Crippen LogP contribution < -0.4 is 10.6 Å². The molecule has 1 aromatic rings. The minimum Gasteiger partial charge on any atom is -0.397 e. The Morgan fingerprint density at radius 1 is 1.25 bits per heavy atom. The van der Waals surface area contributed by atoms with Gasteiger partial charge in [0.2, 0.25) is 0 Å². The van der Waals surface area contributed by atoms with Gasteiger partial charge in [0.25, 0.3) is 0 Å². The smallest absolute Gasteiger partial charge is 0.153 e. The van der Waals surface area contributed by atoms with Crippen molar-refractivity contribution in [1.29, 1.82) is 0 Å². The number of rotatable bonds is 1. The van der Waals surface area contributed by atoms with Crippen molar-refractivity contribution in [3.63, 3.8) is 0 Å². The van der Waals surface area contributed by atoms with Crippen LogP contribution in [0.15, 0.2) is 18.2 Å². The van der Waals surface area contributed by atoms with E-state index in [1.165, 1.54) is 0 Å². The third-order valence-corrected chi connectivity index (χ3v) is 4.95. The summed E-state index contributed by atoms with van der Waals surface area (Å²) in [6.07, 6.45) is 0. The van der Waals surface area contributed by atoms with Gasteiger partial charge in [-0.1, -0.05) is 0 Å². The molecule has 0 saturated carbocycles. The number of hydrogen-bond donors (Lipinski definition) is 1. The molecule has 0 unspecified atom stereocenters. The average molecular weight is 352 g/mol.